The van der Waals surface area contributed by atoms with Crippen LogP contribution in [-0.2, 0) is 19.4 Å². The highest BCUT2D eigenvalue weighted by Crippen LogP contribution is 2.37. The number of ether oxygens (including phenoxy) is 2. The van der Waals surface area contributed by atoms with Gasteiger partial charge >= 0.3 is 0 Å². The molecule has 0 saturated carbocycles. The lowest BCUT2D eigenvalue weighted by Crippen LogP contribution is -2.11. The molecule has 0 radical (unpaired) electrons. The van der Waals surface area contributed by atoms with E-state index in [4.69, 9.17) is 13.9 Å². The number of nitrogens with one attached hydrogen (secondary N) is 1. The van der Waals surface area contributed by atoms with Crippen LogP contribution in [0.15, 0.2) is 40.8 Å². The Kier molecular flexibility index (Phi) is 5.54. The van der Waals surface area contributed by atoms with Crippen LogP contribution >= 0.6 is 11.3 Å². The maximum Gasteiger partial charge on any atom is 0.292 e. The summed E-state index contributed by atoms with van der Waals surface area (Å²) in [5, 5.41) is 13.0. The molecule has 0 bridgehead atoms. The number of methoxy groups -OCH3 is 1. The summed E-state index contributed by atoms with van der Waals surface area (Å²) in [4.78, 5) is 13.8. The van der Waals surface area contributed by atoms with Gasteiger partial charge in [0.2, 0.25) is 0 Å². The predicted octanol–water partition coefficient (Wildman–Crippen LogP) is 4.93. The SMILES string of the molecule is COc1ccc(OCc2ccc(C(=O)Nc3sc4c(c3C#N)CCCC4)o2)cc1. The molecule has 0 aliphatic heterocycles. The summed E-state index contributed by atoms with van der Waals surface area (Å²) in [5.41, 5.74) is 1.68. The van der Waals surface area contributed by atoms with E-state index in [9.17, 15) is 10.1 Å². The molecular weight excluding hydrogens is 388 g/mol. The van der Waals surface area contributed by atoms with Crippen molar-refractivity contribution in [1.29, 1.82) is 5.26 Å². The van der Waals surface area contributed by atoms with Crippen molar-refractivity contribution in [3.63, 3.8) is 0 Å². The van der Waals surface area contributed by atoms with Gasteiger partial charge in [0.15, 0.2) is 5.76 Å². The summed E-state index contributed by atoms with van der Waals surface area (Å²) in [6.45, 7) is 0.205. The van der Waals surface area contributed by atoms with Gasteiger partial charge in [0, 0.05) is 4.88 Å². The Hall–Kier alpha value is -3.24. The zero-order valence-electron chi connectivity index (χ0n) is 16.0. The lowest BCUT2D eigenvalue weighted by atomic mass is 9.96. The van der Waals surface area contributed by atoms with Crippen LogP contribution in [0.5, 0.6) is 11.5 Å². The van der Waals surface area contributed by atoms with E-state index in [0.717, 1.165) is 37.0 Å². The molecular formula is C22H20N2O4S. The second kappa shape index (κ2) is 8.41. The number of anilines is 1. The highest BCUT2D eigenvalue weighted by Gasteiger charge is 2.23. The maximum atomic E-state index is 12.6. The van der Waals surface area contributed by atoms with E-state index in [-0.39, 0.29) is 18.3 Å². The van der Waals surface area contributed by atoms with Crippen molar-refractivity contribution in [3.8, 4) is 17.6 Å². The Labute approximate surface area is 172 Å². The topological polar surface area (TPSA) is 84.5 Å². The molecule has 2 aromatic heterocycles. The largest absolute Gasteiger partial charge is 0.497 e. The number of thiophene rings is 1. The summed E-state index contributed by atoms with van der Waals surface area (Å²) in [6, 6.07) is 12.8. The number of fused-ring (bicyclic) bond motifs is 1. The highest BCUT2D eigenvalue weighted by molar-refractivity contribution is 7.16. The molecule has 0 atom stereocenters. The van der Waals surface area contributed by atoms with E-state index in [1.165, 1.54) is 16.2 Å². The molecule has 2 heterocycles. The van der Waals surface area contributed by atoms with Crippen molar-refractivity contribution in [2.75, 3.05) is 12.4 Å². The molecule has 0 fully saturated rings. The van der Waals surface area contributed by atoms with Crippen molar-refractivity contribution < 1.29 is 18.7 Å². The third kappa shape index (κ3) is 4.13. The molecule has 1 aliphatic carbocycles. The summed E-state index contributed by atoms with van der Waals surface area (Å²) in [7, 11) is 1.61. The summed E-state index contributed by atoms with van der Waals surface area (Å²) >= 11 is 1.50. The Morgan fingerprint density at radius 1 is 1.17 bits per heavy atom. The normalized spacial score (nSPS) is 12.7. The third-order valence-electron chi connectivity index (χ3n) is 4.84. The predicted molar refractivity (Wildman–Crippen MR) is 110 cm³/mol. The van der Waals surface area contributed by atoms with Crippen molar-refractivity contribution >= 4 is 22.2 Å². The third-order valence-corrected chi connectivity index (χ3v) is 6.04. The van der Waals surface area contributed by atoms with Gasteiger partial charge in [-0.25, -0.2) is 0 Å². The van der Waals surface area contributed by atoms with Crippen LogP contribution in [0, 0.1) is 11.3 Å². The van der Waals surface area contributed by atoms with Gasteiger partial charge in [-0.15, -0.1) is 11.3 Å². The summed E-state index contributed by atoms with van der Waals surface area (Å²) in [6.07, 6.45) is 4.08. The summed E-state index contributed by atoms with van der Waals surface area (Å²) < 4.78 is 16.4. The van der Waals surface area contributed by atoms with Crippen molar-refractivity contribution in [1.82, 2.24) is 0 Å². The Balaban J connectivity index is 1.41. The van der Waals surface area contributed by atoms with Crippen LogP contribution in [0.25, 0.3) is 0 Å². The minimum Gasteiger partial charge on any atom is -0.497 e. The van der Waals surface area contributed by atoms with Gasteiger partial charge in [0.05, 0.1) is 12.7 Å². The molecule has 148 valence electrons. The average Bonchev–Trinajstić information content (AvgIpc) is 3.36. The van der Waals surface area contributed by atoms with Crippen LogP contribution < -0.4 is 14.8 Å². The number of aryl methyl sites for hydroxylation is 1. The standard InChI is InChI=1S/C22H20N2O4S/c1-26-14-6-8-15(9-7-14)27-13-16-10-11-19(28-16)21(25)24-22-18(12-23)17-4-2-3-5-20(17)29-22/h6-11H,2-5,13H2,1H3,(H,24,25). The van der Waals surface area contributed by atoms with Gasteiger partial charge in [-0.1, -0.05) is 0 Å². The quantitative estimate of drug-likeness (QED) is 0.625. The molecule has 1 N–H and O–H groups in total. The first kappa shape index (κ1) is 19.1. The molecule has 6 nitrogen and oxygen atoms in total. The lowest BCUT2D eigenvalue weighted by Gasteiger charge is -2.09. The Morgan fingerprint density at radius 2 is 1.93 bits per heavy atom. The lowest BCUT2D eigenvalue weighted by molar-refractivity contribution is 0.0993. The summed E-state index contributed by atoms with van der Waals surface area (Å²) in [5.74, 6) is 1.79. The van der Waals surface area contributed by atoms with Crippen LogP contribution in [0.3, 0.4) is 0 Å². The number of furan rings is 1. The number of carbonyl (C=O) groups excluding carboxylic acids is 1. The number of rotatable bonds is 6. The number of nitrogens with zero attached hydrogens (tertiary/aromatic N) is 1. The van der Waals surface area contributed by atoms with E-state index in [2.05, 4.69) is 11.4 Å². The van der Waals surface area contributed by atoms with Crippen molar-refractivity contribution in [2.45, 2.75) is 32.3 Å². The zero-order chi connectivity index (χ0) is 20.2. The van der Waals surface area contributed by atoms with Gasteiger partial charge in [0.25, 0.3) is 5.91 Å². The molecule has 0 saturated heterocycles. The fraction of sp³-hybridized carbons (Fsp3) is 0.273. The van der Waals surface area contributed by atoms with Gasteiger partial charge in [-0.2, -0.15) is 5.26 Å². The molecule has 0 spiro atoms. The minimum absolute atomic E-state index is 0.189. The number of nitriles is 1. The Bertz CT molecular complexity index is 1060. The fourth-order valence-electron chi connectivity index (χ4n) is 3.34. The number of benzene rings is 1. The molecule has 1 amide bonds. The number of amides is 1. The molecule has 0 unspecified atom stereocenters. The van der Waals surface area contributed by atoms with Crippen LogP contribution in [0.4, 0.5) is 5.00 Å². The van der Waals surface area contributed by atoms with Gasteiger partial charge in [-0.3, -0.25) is 4.79 Å². The van der Waals surface area contributed by atoms with E-state index < -0.39 is 0 Å². The first-order chi connectivity index (χ1) is 14.2. The highest BCUT2D eigenvalue weighted by atomic mass is 32.1. The van der Waals surface area contributed by atoms with Crippen molar-refractivity contribution in [2.24, 2.45) is 0 Å². The molecule has 1 aliphatic rings. The fourth-order valence-corrected chi connectivity index (χ4v) is 4.58. The molecule has 4 rings (SSSR count). The second-order valence-electron chi connectivity index (χ2n) is 6.71. The van der Waals surface area contributed by atoms with Crippen LogP contribution in [-0.4, -0.2) is 13.0 Å². The number of hydrogen-bond acceptors (Lipinski definition) is 6. The average molecular weight is 408 g/mol. The number of carbonyl (C=O) groups is 1. The molecule has 29 heavy (non-hydrogen) atoms. The second-order valence-corrected chi connectivity index (χ2v) is 7.82. The van der Waals surface area contributed by atoms with Crippen molar-refractivity contribution in [3.05, 3.63) is 63.9 Å². The van der Waals surface area contributed by atoms with E-state index in [1.807, 2.05) is 12.1 Å². The first-order valence-corrected chi connectivity index (χ1v) is 10.2. The smallest absolute Gasteiger partial charge is 0.292 e. The van der Waals surface area contributed by atoms with E-state index in [1.54, 1.807) is 31.4 Å². The van der Waals surface area contributed by atoms with E-state index in [0.29, 0.717) is 22.1 Å². The first-order valence-electron chi connectivity index (χ1n) is 9.39. The molecule has 1 aromatic carbocycles. The minimum atomic E-state index is -0.365. The zero-order valence-corrected chi connectivity index (χ0v) is 16.8. The Morgan fingerprint density at radius 3 is 2.69 bits per heavy atom. The van der Waals surface area contributed by atoms with Crippen LogP contribution in [0.2, 0.25) is 0 Å². The monoisotopic (exact) mass is 408 g/mol. The van der Waals surface area contributed by atoms with E-state index >= 15 is 0 Å². The van der Waals surface area contributed by atoms with Crippen LogP contribution in [0.1, 0.15) is 45.2 Å². The van der Waals surface area contributed by atoms with Gasteiger partial charge < -0.3 is 19.2 Å². The maximum absolute atomic E-state index is 12.6. The van der Waals surface area contributed by atoms with Gasteiger partial charge in [0.1, 0.15) is 34.9 Å². The molecule has 3 aromatic rings. The van der Waals surface area contributed by atoms with Gasteiger partial charge in [-0.05, 0) is 67.6 Å². The molecule has 7 heteroatoms. The number of hydrogen-bond donors (Lipinski definition) is 1.